The zero-order valence-electron chi connectivity index (χ0n) is 8.47. The Morgan fingerprint density at radius 1 is 1.33 bits per heavy atom. The molecule has 1 aromatic rings. The Balaban J connectivity index is 1.97. The Morgan fingerprint density at radius 3 is 2.60 bits per heavy atom. The van der Waals surface area contributed by atoms with E-state index >= 15 is 0 Å². The zero-order chi connectivity index (χ0) is 10.7. The fourth-order valence-electron chi connectivity index (χ4n) is 2.17. The van der Waals surface area contributed by atoms with E-state index in [2.05, 4.69) is 10.2 Å². The van der Waals surface area contributed by atoms with Crippen LogP contribution in [0.15, 0.2) is 18.3 Å². The fraction of sp³-hybridized carbons (Fsp3) is 0.545. The number of nitrogens with zero attached hydrogens (tertiary/aromatic N) is 2. The van der Waals surface area contributed by atoms with Gasteiger partial charge in [0.1, 0.15) is 0 Å². The summed E-state index contributed by atoms with van der Waals surface area (Å²) in [5, 5.41) is 16.8. The van der Waals surface area contributed by atoms with Gasteiger partial charge in [-0.15, -0.1) is 0 Å². The monoisotopic (exact) mass is 206 g/mol. The van der Waals surface area contributed by atoms with Gasteiger partial charge in [0, 0.05) is 12.1 Å². The molecule has 0 spiro atoms. The van der Waals surface area contributed by atoms with Crippen LogP contribution in [0.1, 0.15) is 37.3 Å². The molecule has 0 aromatic carbocycles. The number of aromatic nitrogens is 2. The fourth-order valence-corrected chi connectivity index (χ4v) is 2.17. The van der Waals surface area contributed by atoms with E-state index in [1.807, 2.05) is 12.1 Å². The molecule has 1 aliphatic carbocycles. The maximum atomic E-state index is 10.8. The average Bonchev–Trinajstić information content (AvgIpc) is 2.30. The summed E-state index contributed by atoms with van der Waals surface area (Å²) in [5.74, 6) is -0.417. The van der Waals surface area contributed by atoms with Crippen molar-refractivity contribution in [2.24, 2.45) is 5.92 Å². The molecule has 1 aromatic heterocycles. The minimum Gasteiger partial charge on any atom is -0.481 e. The minimum absolute atomic E-state index is 0.155. The molecule has 0 atom stereocenters. The second-order valence-corrected chi connectivity index (χ2v) is 4.04. The number of aliphatic carboxylic acids is 1. The summed E-state index contributed by atoms with van der Waals surface area (Å²) in [6, 6.07) is 3.85. The minimum atomic E-state index is -0.660. The van der Waals surface area contributed by atoms with Crippen molar-refractivity contribution in [1.29, 1.82) is 0 Å². The largest absolute Gasteiger partial charge is 0.481 e. The predicted octanol–water partition coefficient (Wildman–Crippen LogP) is 1.83. The van der Waals surface area contributed by atoms with Crippen molar-refractivity contribution in [1.82, 2.24) is 10.2 Å². The zero-order valence-corrected chi connectivity index (χ0v) is 8.47. The maximum Gasteiger partial charge on any atom is 0.306 e. The molecule has 1 N–H and O–H groups in total. The van der Waals surface area contributed by atoms with Gasteiger partial charge >= 0.3 is 5.97 Å². The second kappa shape index (κ2) is 4.38. The first-order valence-electron chi connectivity index (χ1n) is 5.28. The lowest BCUT2D eigenvalue weighted by Gasteiger charge is -2.25. The summed E-state index contributed by atoms with van der Waals surface area (Å²) in [5.41, 5.74) is 1.00. The third-order valence-corrected chi connectivity index (χ3v) is 3.09. The van der Waals surface area contributed by atoms with Gasteiger partial charge in [-0.1, -0.05) is 0 Å². The van der Waals surface area contributed by atoms with Gasteiger partial charge in [-0.2, -0.15) is 10.2 Å². The third kappa shape index (κ3) is 2.32. The predicted molar refractivity (Wildman–Crippen MR) is 54.4 cm³/mol. The van der Waals surface area contributed by atoms with Gasteiger partial charge in [0.05, 0.1) is 11.6 Å². The molecular weight excluding hydrogens is 192 g/mol. The average molecular weight is 206 g/mol. The molecule has 1 saturated carbocycles. The van der Waals surface area contributed by atoms with Gasteiger partial charge in [0.25, 0.3) is 0 Å². The summed E-state index contributed by atoms with van der Waals surface area (Å²) in [7, 11) is 0. The lowest BCUT2D eigenvalue weighted by molar-refractivity contribution is -0.142. The standard InChI is InChI=1S/C11H14N2O2/c14-11(15)9-5-3-8(4-6-9)10-2-1-7-12-13-10/h1-2,7-9H,3-6H2,(H,14,15)/t8-,9-. The van der Waals surface area contributed by atoms with Crippen molar-refractivity contribution < 1.29 is 9.90 Å². The Kier molecular flexibility index (Phi) is 2.94. The van der Waals surface area contributed by atoms with Gasteiger partial charge in [-0.05, 0) is 37.8 Å². The SMILES string of the molecule is O=C(O)[C@H]1CC[C@H](c2cccnn2)CC1. The lowest BCUT2D eigenvalue weighted by Crippen LogP contribution is -2.21. The summed E-state index contributed by atoms with van der Waals surface area (Å²) in [6.45, 7) is 0. The highest BCUT2D eigenvalue weighted by Gasteiger charge is 2.27. The molecule has 0 aliphatic heterocycles. The number of hydrogen-bond donors (Lipinski definition) is 1. The van der Waals surface area contributed by atoms with Crippen LogP contribution in [0.25, 0.3) is 0 Å². The van der Waals surface area contributed by atoms with E-state index in [1.54, 1.807) is 6.20 Å². The van der Waals surface area contributed by atoms with Crippen molar-refractivity contribution in [3.8, 4) is 0 Å². The van der Waals surface area contributed by atoms with Crippen molar-refractivity contribution >= 4 is 5.97 Å². The highest BCUT2D eigenvalue weighted by Crippen LogP contribution is 2.34. The van der Waals surface area contributed by atoms with Crippen LogP contribution >= 0.6 is 0 Å². The van der Waals surface area contributed by atoms with Gasteiger partial charge in [-0.3, -0.25) is 4.79 Å². The Bertz CT molecular complexity index is 332. The molecule has 1 heterocycles. The first-order chi connectivity index (χ1) is 7.27. The number of carboxylic acids is 1. The molecule has 0 bridgehead atoms. The van der Waals surface area contributed by atoms with Crippen LogP contribution in [0.5, 0.6) is 0 Å². The summed E-state index contributed by atoms with van der Waals surface area (Å²) in [6.07, 6.45) is 5.00. The van der Waals surface area contributed by atoms with Crippen LogP contribution in [-0.4, -0.2) is 21.3 Å². The maximum absolute atomic E-state index is 10.8. The van der Waals surface area contributed by atoms with Crippen molar-refractivity contribution in [3.63, 3.8) is 0 Å². The van der Waals surface area contributed by atoms with Crippen LogP contribution < -0.4 is 0 Å². The van der Waals surface area contributed by atoms with E-state index < -0.39 is 5.97 Å². The molecule has 4 nitrogen and oxygen atoms in total. The quantitative estimate of drug-likeness (QED) is 0.801. The van der Waals surface area contributed by atoms with Crippen LogP contribution in [0, 0.1) is 5.92 Å². The van der Waals surface area contributed by atoms with Gasteiger partial charge < -0.3 is 5.11 Å². The van der Waals surface area contributed by atoms with E-state index in [9.17, 15) is 4.79 Å². The summed E-state index contributed by atoms with van der Waals surface area (Å²) >= 11 is 0. The Morgan fingerprint density at radius 2 is 2.07 bits per heavy atom. The highest BCUT2D eigenvalue weighted by molar-refractivity contribution is 5.70. The van der Waals surface area contributed by atoms with Gasteiger partial charge in [-0.25, -0.2) is 0 Å². The molecule has 4 heteroatoms. The van der Waals surface area contributed by atoms with Crippen LogP contribution in [0.2, 0.25) is 0 Å². The van der Waals surface area contributed by atoms with Crippen molar-refractivity contribution in [2.75, 3.05) is 0 Å². The number of hydrogen-bond acceptors (Lipinski definition) is 3. The molecule has 1 aliphatic rings. The molecular formula is C11H14N2O2. The molecule has 0 radical (unpaired) electrons. The Hall–Kier alpha value is -1.45. The molecule has 0 unspecified atom stereocenters. The summed E-state index contributed by atoms with van der Waals surface area (Å²) in [4.78, 5) is 10.8. The topological polar surface area (TPSA) is 63.1 Å². The number of carboxylic acid groups (broad SMARTS) is 1. The lowest BCUT2D eigenvalue weighted by atomic mass is 9.80. The molecule has 0 amide bonds. The first kappa shape index (κ1) is 10.1. The second-order valence-electron chi connectivity index (χ2n) is 4.04. The van der Waals surface area contributed by atoms with Crippen molar-refractivity contribution in [2.45, 2.75) is 31.6 Å². The van der Waals surface area contributed by atoms with Crippen LogP contribution in [0.3, 0.4) is 0 Å². The molecule has 80 valence electrons. The van der Waals surface area contributed by atoms with Crippen molar-refractivity contribution in [3.05, 3.63) is 24.0 Å². The molecule has 15 heavy (non-hydrogen) atoms. The molecule has 1 fully saturated rings. The first-order valence-corrected chi connectivity index (χ1v) is 5.28. The van der Waals surface area contributed by atoms with E-state index in [1.165, 1.54) is 0 Å². The molecule has 0 saturated heterocycles. The van der Waals surface area contributed by atoms with Gasteiger partial charge in [0.15, 0.2) is 0 Å². The van der Waals surface area contributed by atoms with E-state index in [0.29, 0.717) is 5.92 Å². The van der Waals surface area contributed by atoms with Crippen LogP contribution in [0.4, 0.5) is 0 Å². The van der Waals surface area contributed by atoms with E-state index in [-0.39, 0.29) is 5.92 Å². The van der Waals surface area contributed by atoms with Crippen LogP contribution in [-0.2, 0) is 4.79 Å². The number of rotatable bonds is 2. The van der Waals surface area contributed by atoms with Gasteiger partial charge in [0.2, 0.25) is 0 Å². The highest BCUT2D eigenvalue weighted by atomic mass is 16.4. The Labute approximate surface area is 88.3 Å². The molecule has 2 rings (SSSR count). The van der Waals surface area contributed by atoms with E-state index in [4.69, 9.17) is 5.11 Å². The third-order valence-electron chi connectivity index (χ3n) is 3.09. The van der Waals surface area contributed by atoms with E-state index in [0.717, 1.165) is 31.4 Å². The summed E-state index contributed by atoms with van der Waals surface area (Å²) < 4.78 is 0. The number of carbonyl (C=O) groups is 1. The normalized spacial score (nSPS) is 26.1. The smallest absolute Gasteiger partial charge is 0.306 e.